The monoisotopic (exact) mass is 255 g/mol. The molecule has 1 aromatic carbocycles. The van der Waals surface area contributed by atoms with Gasteiger partial charge in [-0.25, -0.2) is 9.07 Å². The summed E-state index contributed by atoms with van der Waals surface area (Å²) in [5, 5.41) is 17.4. The SMILES string of the molecule is Cn1nncc1C(O)Cc1cccc(Cl)c1F. The minimum absolute atomic E-state index is 0.0535. The van der Waals surface area contributed by atoms with Crippen molar-refractivity contribution in [3.05, 3.63) is 46.5 Å². The number of nitrogens with zero attached hydrogens (tertiary/aromatic N) is 3. The molecule has 6 heteroatoms. The van der Waals surface area contributed by atoms with Crippen LogP contribution in [0.2, 0.25) is 5.02 Å². The van der Waals surface area contributed by atoms with Crippen molar-refractivity contribution >= 4 is 11.6 Å². The van der Waals surface area contributed by atoms with Crippen LogP contribution in [0.4, 0.5) is 4.39 Å². The molecule has 2 rings (SSSR count). The highest BCUT2D eigenvalue weighted by molar-refractivity contribution is 6.30. The molecule has 4 nitrogen and oxygen atoms in total. The van der Waals surface area contributed by atoms with Crippen LogP contribution in [0.25, 0.3) is 0 Å². The fourth-order valence-electron chi connectivity index (χ4n) is 1.62. The summed E-state index contributed by atoms with van der Waals surface area (Å²) in [5.41, 5.74) is 0.899. The smallest absolute Gasteiger partial charge is 0.145 e. The van der Waals surface area contributed by atoms with Crippen LogP contribution in [-0.4, -0.2) is 20.1 Å². The van der Waals surface area contributed by atoms with Gasteiger partial charge in [0.15, 0.2) is 0 Å². The van der Waals surface area contributed by atoms with Gasteiger partial charge in [-0.2, -0.15) is 0 Å². The van der Waals surface area contributed by atoms with Gasteiger partial charge in [0.05, 0.1) is 16.9 Å². The van der Waals surface area contributed by atoms with Crippen molar-refractivity contribution in [2.45, 2.75) is 12.5 Å². The Bertz CT molecular complexity index is 529. The fourth-order valence-corrected chi connectivity index (χ4v) is 1.81. The van der Waals surface area contributed by atoms with Gasteiger partial charge in [0.2, 0.25) is 0 Å². The molecule has 0 bridgehead atoms. The lowest BCUT2D eigenvalue weighted by Crippen LogP contribution is -2.09. The maximum Gasteiger partial charge on any atom is 0.145 e. The van der Waals surface area contributed by atoms with Crippen LogP contribution in [-0.2, 0) is 13.5 Å². The average molecular weight is 256 g/mol. The molecular formula is C11H11ClFN3O. The molecule has 0 radical (unpaired) electrons. The van der Waals surface area contributed by atoms with Gasteiger partial charge in [0, 0.05) is 13.5 Å². The molecule has 1 aromatic heterocycles. The van der Waals surface area contributed by atoms with Crippen LogP contribution >= 0.6 is 11.6 Å². The summed E-state index contributed by atoms with van der Waals surface area (Å²) in [5.74, 6) is -0.497. The van der Waals surface area contributed by atoms with Crippen molar-refractivity contribution in [2.24, 2.45) is 7.05 Å². The zero-order chi connectivity index (χ0) is 12.4. The average Bonchev–Trinajstić information content (AvgIpc) is 2.71. The minimum atomic E-state index is -0.858. The number of aliphatic hydroxyl groups is 1. The van der Waals surface area contributed by atoms with E-state index in [0.29, 0.717) is 11.3 Å². The van der Waals surface area contributed by atoms with Gasteiger partial charge in [-0.1, -0.05) is 28.9 Å². The molecule has 1 unspecified atom stereocenters. The molecule has 0 aliphatic carbocycles. The molecule has 1 heterocycles. The van der Waals surface area contributed by atoms with Crippen LogP contribution in [0.3, 0.4) is 0 Å². The molecule has 0 aliphatic rings. The van der Waals surface area contributed by atoms with Gasteiger partial charge in [-0.15, -0.1) is 5.10 Å². The Balaban J connectivity index is 2.22. The number of hydrogen-bond acceptors (Lipinski definition) is 3. The summed E-state index contributed by atoms with van der Waals surface area (Å²) >= 11 is 5.67. The second kappa shape index (κ2) is 4.81. The number of aryl methyl sites for hydroxylation is 1. The maximum absolute atomic E-state index is 13.6. The van der Waals surface area contributed by atoms with Crippen molar-refractivity contribution in [2.75, 3.05) is 0 Å². The summed E-state index contributed by atoms with van der Waals surface area (Å²) in [6, 6.07) is 4.71. The maximum atomic E-state index is 13.6. The first-order valence-electron chi connectivity index (χ1n) is 5.05. The van der Waals surface area contributed by atoms with E-state index in [1.165, 1.54) is 16.9 Å². The Morgan fingerprint density at radius 1 is 1.53 bits per heavy atom. The Morgan fingerprint density at radius 2 is 2.29 bits per heavy atom. The molecule has 0 amide bonds. The van der Waals surface area contributed by atoms with Gasteiger partial charge in [-0.3, -0.25) is 0 Å². The highest BCUT2D eigenvalue weighted by Gasteiger charge is 2.16. The second-order valence-electron chi connectivity index (χ2n) is 3.72. The Labute approximate surface area is 103 Å². The lowest BCUT2D eigenvalue weighted by Gasteiger charge is -2.11. The molecule has 0 aliphatic heterocycles. The van der Waals surface area contributed by atoms with Gasteiger partial charge in [0.25, 0.3) is 0 Å². The number of aliphatic hydroxyl groups excluding tert-OH is 1. The van der Waals surface area contributed by atoms with E-state index in [4.69, 9.17) is 11.6 Å². The van der Waals surface area contributed by atoms with Crippen molar-refractivity contribution in [1.82, 2.24) is 15.0 Å². The second-order valence-corrected chi connectivity index (χ2v) is 4.12. The Morgan fingerprint density at radius 3 is 2.94 bits per heavy atom. The molecule has 1 atom stereocenters. The zero-order valence-corrected chi connectivity index (χ0v) is 9.89. The van der Waals surface area contributed by atoms with E-state index in [9.17, 15) is 9.50 Å². The minimum Gasteiger partial charge on any atom is -0.386 e. The standard InChI is InChI=1S/C11H11ClFN3O/c1-16-9(6-14-15-16)10(17)5-7-3-2-4-8(12)11(7)13/h2-4,6,10,17H,5H2,1H3. The molecular weight excluding hydrogens is 245 g/mol. The quantitative estimate of drug-likeness (QED) is 0.911. The van der Waals surface area contributed by atoms with Gasteiger partial charge >= 0.3 is 0 Å². The molecule has 0 fully saturated rings. The topological polar surface area (TPSA) is 50.9 Å². The number of hydrogen-bond donors (Lipinski definition) is 1. The van der Waals surface area contributed by atoms with Crippen LogP contribution in [0.5, 0.6) is 0 Å². The van der Waals surface area contributed by atoms with E-state index in [1.54, 1.807) is 19.2 Å². The summed E-state index contributed by atoms with van der Waals surface area (Å²) < 4.78 is 15.1. The van der Waals surface area contributed by atoms with Crippen LogP contribution < -0.4 is 0 Å². The largest absolute Gasteiger partial charge is 0.386 e. The molecule has 2 aromatic rings. The molecule has 0 saturated heterocycles. The van der Waals surface area contributed by atoms with Gasteiger partial charge in [-0.05, 0) is 11.6 Å². The first-order chi connectivity index (χ1) is 8.09. The number of rotatable bonds is 3. The Kier molecular flexibility index (Phi) is 3.40. The first kappa shape index (κ1) is 12.0. The molecule has 1 N–H and O–H groups in total. The van der Waals surface area contributed by atoms with E-state index in [-0.39, 0.29) is 11.4 Å². The summed E-state index contributed by atoms with van der Waals surface area (Å²) in [6.45, 7) is 0. The van der Waals surface area contributed by atoms with Crippen LogP contribution in [0.1, 0.15) is 17.4 Å². The van der Waals surface area contributed by atoms with Gasteiger partial charge < -0.3 is 5.11 Å². The molecule has 17 heavy (non-hydrogen) atoms. The predicted molar refractivity (Wildman–Crippen MR) is 61.1 cm³/mol. The van der Waals surface area contributed by atoms with Crippen molar-refractivity contribution < 1.29 is 9.50 Å². The lowest BCUT2D eigenvalue weighted by atomic mass is 10.1. The van der Waals surface area contributed by atoms with Gasteiger partial charge in [0.1, 0.15) is 11.9 Å². The zero-order valence-electron chi connectivity index (χ0n) is 9.14. The summed E-state index contributed by atoms with van der Waals surface area (Å²) in [6.07, 6.45) is 0.726. The third kappa shape index (κ3) is 2.45. The van der Waals surface area contributed by atoms with E-state index in [1.807, 2.05) is 0 Å². The van der Waals surface area contributed by atoms with Crippen LogP contribution in [0.15, 0.2) is 24.4 Å². The van der Waals surface area contributed by atoms with E-state index < -0.39 is 11.9 Å². The highest BCUT2D eigenvalue weighted by Crippen LogP contribution is 2.23. The number of benzene rings is 1. The molecule has 90 valence electrons. The van der Waals surface area contributed by atoms with E-state index in [0.717, 1.165) is 0 Å². The molecule has 0 saturated carbocycles. The fraction of sp³-hybridized carbons (Fsp3) is 0.273. The summed E-state index contributed by atoms with van der Waals surface area (Å²) in [4.78, 5) is 0. The third-order valence-electron chi connectivity index (χ3n) is 2.54. The third-order valence-corrected chi connectivity index (χ3v) is 2.83. The van der Waals surface area contributed by atoms with Crippen molar-refractivity contribution in [3.8, 4) is 0 Å². The normalized spacial score (nSPS) is 12.7. The van der Waals surface area contributed by atoms with Crippen molar-refractivity contribution in [3.63, 3.8) is 0 Å². The van der Waals surface area contributed by atoms with E-state index >= 15 is 0 Å². The summed E-state index contributed by atoms with van der Waals surface area (Å²) in [7, 11) is 1.67. The van der Waals surface area contributed by atoms with Crippen LogP contribution in [0, 0.1) is 5.82 Å². The lowest BCUT2D eigenvalue weighted by molar-refractivity contribution is 0.167. The van der Waals surface area contributed by atoms with E-state index in [2.05, 4.69) is 10.3 Å². The Hall–Kier alpha value is -1.46. The number of aromatic nitrogens is 3. The molecule has 0 spiro atoms. The number of halogens is 2. The predicted octanol–water partition coefficient (Wildman–Crippen LogP) is 1.88. The van der Waals surface area contributed by atoms with Crippen molar-refractivity contribution in [1.29, 1.82) is 0 Å². The first-order valence-corrected chi connectivity index (χ1v) is 5.43. The highest BCUT2D eigenvalue weighted by atomic mass is 35.5.